The standard InChI is InChI=1S/C13H14F2O2/c1-8(2)5-10(16)7-13(17)9-3-4-11(14)12(15)6-9/h3-4,6,8H,5,7H2,1-2H3. The summed E-state index contributed by atoms with van der Waals surface area (Å²) in [5.74, 6) is -2.56. The molecule has 0 amide bonds. The van der Waals surface area contributed by atoms with E-state index in [9.17, 15) is 18.4 Å². The Morgan fingerprint density at radius 3 is 2.35 bits per heavy atom. The molecule has 1 aromatic carbocycles. The highest BCUT2D eigenvalue weighted by atomic mass is 19.2. The summed E-state index contributed by atoms with van der Waals surface area (Å²) in [6, 6.07) is 2.89. The number of halogens is 2. The summed E-state index contributed by atoms with van der Waals surface area (Å²) in [5.41, 5.74) is 0.0287. The van der Waals surface area contributed by atoms with Crippen LogP contribution in [0.25, 0.3) is 0 Å². The zero-order valence-corrected chi connectivity index (χ0v) is 9.80. The van der Waals surface area contributed by atoms with E-state index in [0.29, 0.717) is 6.42 Å². The Morgan fingerprint density at radius 1 is 1.18 bits per heavy atom. The fourth-order valence-electron chi connectivity index (χ4n) is 1.48. The number of benzene rings is 1. The highest BCUT2D eigenvalue weighted by Crippen LogP contribution is 2.12. The Bertz CT molecular complexity index is 439. The van der Waals surface area contributed by atoms with Crippen LogP contribution in [-0.2, 0) is 4.79 Å². The minimum atomic E-state index is -1.08. The molecule has 0 aliphatic heterocycles. The molecule has 0 aromatic heterocycles. The summed E-state index contributed by atoms with van der Waals surface area (Å²) < 4.78 is 25.5. The molecular formula is C13H14F2O2. The third-order valence-electron chi connectivity index (χ3n) is 2.24. The molecule has 0 atom stereocenters. The van der Waals surface area contributed by atoms with E-state index in [0.717, 1.165) is 12.1 Å². The van der Waals surface area contributed by atoms with Gasteiger partial charge in [-0.05, 0) is 24.1 Å². The molecule has 0 fully saturated rings. The third kappa shape index (κ3) is 4.06. The first-order valence-corrected chi connectivity index (χ1v) is 5.40. The van der Waals surface area contributed by atoms with E-state index >= 15 is 0 Å². The maximum absolute atomic E-state index is 12.9. The fourth-order valence-corrected chi connectivity index (χ4v) is 1.48. The third-order valence-corrected chi connectivity index (χ3v) is 2.24. The molecule has 0 bridgehead atoms. The Labute approximate surface area is 98.6 Å². The predicted octanol–water partition coefficient (Wildman–Crippen LogP) is 3.15. The van der Waals surface area contributed by atoms with Crippen molar-refractivity contribution in [2.45, 2.75) is 26.7 Å². The molecule has 0 aliphatic rings. The van der Waals surface area contributed by atoms with Gasteiger partial charge in [0.2, 0.25) is 0 Å². The van der Waals surface area contributed by atoms with Crippen molar-refractivity contribution in [1.29, 1.82) is 0 Å². The minimum absolute atomic E-state index is 0.0287. The Balaban J connectivity index is 2.70. The van der Waals surface area contributed by atoms with E-state index in [-0.39, 0.29) is 23.7 Å². The Hall–Kier alpha value is -1.58. The second-order valence-corrected chi connectivity index (χ2v) is 4.37. The number of hydrogen-bond donors (Lipinski definition) is 0. The topological polar surface area (TPSA) is 34.1 Å². The van der Waals surface area contributed by atoms with Gasteiger partial charge in [0.25, 0.3) is 0 Å². The number of hydrogen-bond acceptors (Lipinski definition) is 2. The molecule has 4 heteroatoms. The molecule has 0 unspecified atom stereocenters. The van der Waals surface area contributed by atoms with E-state index < -0.39 is 17.4 Å². The molecule has 0 saturated heterocycles. The van der Waals surface area contributed by atoms with E-state index in [2.05, 4.69) is 0 Å². The van der Waals surface area contributed by atoms with Crippen LogP contribution in [0.15, 0.2) is 18.2 Å². The molecule has 0 heterocycles. The van der Waals surface area contributed by atoms with Gasteiger partial charge in [0, 0.05) is 12.0 Å². The van der Waals surface area contributed by atoms with Gasteiger partial charge >= 0.3 is 0 Å². The lowest BCUT2D eigenvalue weighted by molar-refractivity contribution is -0.118. The molecule has 1 rings (SSSR count). The average molecular weight is 240 g/mol. The summed E-state index contributed by atoms with van der Waals surface area (Å²) in [6.07, 6.45) is 0.0542. The predicted molar refractivity (Wildman–Crippen MR) is 59.8 cm³/mol. The SMILES string of the molecule is CC(C)CC(=O)CC(=O)c1ccc(F)c(F)c1. The molecule has 1 aromatic rings. The van der Waals surface area contributed by atoms with Gasteiger partial charge in [0.15, 0.2) is 17.4 Å². The van der Waals surface area contributed by atoms with Crippen molar-refractivity contribution in [2.24, 2.45) is 5.92 Å². The lowest BCUT2D eigenvalue weighted by atomic mass is 10.00. The molecule has 2 nitrogen and oxygen atoms in total. The molecule has 0 saturated carbocycles. The van der Waals surface area contributed by atoms with Gasteiger partial charge in [0.05, 0.1) is 6.42 Å². The zero-order valence-electron chi connectivity index (χ0n) is 9.80. The van der Waals surface area contributed by atoms with Crippen LogP contribution in [0, 0.1) is 17.6 Å². The maximum atomic E-state index is 12.9. The summed E-state index contributed by atoms with van der Waals surface area (Å²) in [4.78, 5) is 23.0. The summed E-state index contributed by atoms with van der Waals surface area (Å²) in [7, 11) is 0. The summed E-state index contributed by atoms with van der Waals surface area (Å²) in [6.45, 7) is 3.75. The molecular weight excluding hydrogens is 226 g/mol. The molecule has 0 spiro atoms. The molecule has 0 radical (unpaired) electrons. The number of carbonyl (C=O) groups is 2. The summed E-state index contributed by atoms with van der Waals surface area (Å²) >= 11 is 0. The van der Waals surface area contributed by atoms with E-state index in [1.807, 2.05) is 13.8 Å². The van der Waals surface area contributed by atoms with Gasteiger partial charge in [-0.3, -0.25) is 9.59 Å². The quantitative estimate of drug-likeness (QED) is 0.585. The lowest BCUT2D eigenvalue weighted by Gasteiger charge is -2.04. The highest BCUT2D eigenvalue weighted by Gasteiger charge is 2.14. The number of rotatable bonds is 5. The van der Waals surface area contributed by atoms with Crippen molar-refractivity contribution in [1.82, 2.24) is 0 Å². The van der Waals surface area contributed by atoms with Crippen molar-refractivity contribution in [3.8, 4) is 0 Å². The van der Waals surface area contributed by atoms with Crippen LogP contribution < -0.4 is 0 Å². The second-order valence-electron chi connectivity index (χ2n) is 4.37. The van der Waals surface area contributed by atoms with Gasteiger partial charge in [0.1, 0.15) is 5.78 Å². The first-order chi connectivity index (χ1) is 7.90. The van der Waals surface area contributed by atoms with Gasteiger partial charge in [-0.2, -0.15) is 0 Å². The number of carbonyl (C=O) groups excluding carboxylic acids is 2. The largest absolute Gasteiger partial charge is 0.299 e. The van der Waals surface area contributed by atoms with Crippen molar-refractivity contribution in [3.05, 3.63) is 35.4 Å². The van der Waals surface area contributed by atoms with Crippen LogP contribution in [-0.4, -0.2) is 11.6 Å². The van der Waals surface area contributed by atoms with Crippen LogP contribution >= 0.6 is 0 Å². The van der Waals surface area contributed by atoms with Gasteiger partial charge in [-0.15, -0.1) is 0 Å². The van der Waals surface area contributed by atoms with Gasteiger partial charge in [-0.25, -0.2) is 8.78 Å². The van der Waals surface area contributed by atoms with Gasteiger partial charge < -0.3 is 0 Å². The minimum Gasteiger partial charge on any atom is -0.299 e. The van der Waals surface area contributed by atoms with Crippen LogP contribution in [0.4, 0.5) is 8.78 Å². The van der Waals surface area contributed by atoms with Crippen LogP contribution in [0.1, 0.15) is 37.0 Å². The zero-order chi connectivity index (χ0) is 13.0. The van der Waals surface area contributed by atoms with Crippen LogP contribution in [0.3, 0.4) is 0 Å². The molecule has 0 N–H and O–H groups in total. The lowest BCUT2D eigenvalue weighted by Crippen LogP contribution is -2.10. The fraction of sp³-hybridized carbons (Fsp3) is 0.385. The number of Topliss-reactive ketones (excluding diaryl/α,β-unsaturated/α-hetero) is 2. The van der Waals surface area contributed by atoms with Crippen LogP contribution in [0.2, 0.25) is 0 Å². The average Bonchev–Trinajstić information content (AvgIpc) is 2.20. The maximum Gasteiger partial charge on any atom is 0.170 e. The van der Waals surface area contributed by atoms with Crippen molar-refractivity contribution in [2.75, 3.05) is 0 Å². The van der Waals surface area contributed by atoms with Crippen molar-refractivity contribution < 1.29 is 18.4 Å². The van der Waals surface area contributed by atoms with Crippen LogP contribution in [0.5, 0.6) is 0 Å². The number of ketones is 2. The van der Waals surface area contributed by atoms with E-state index in [1.165, 1.54) is 6.07 Å². The normalized spacial score (nSPS) is 10.6. The highest BCUT2D eigenvalue weighted by molar-refractivity contribution is 6.07. The van der Waals surface area contributed by atoms with Gasteiger partial charge in [-0.1, -0.05) is 13.8 Å². The summed E-state index contributed by atoms with van der Waals surface area (Å²) in [5, 5.41) is 0. The Kier molecular flexibility index (Phi) is 4.49. The first kappa shape index (κ1) is 13.5. The first-order valence-electron chi connectivity index (χ1n) is 5.40. The molecule has 0 aliphatic carbocycles. The monoisotopic (exact) mass is 240 g/mol. The second kappa shape index (κ2) is 5.66. The van der Waals surface area contributed by atoms with E-state index in [4.69, 9.17) is 0 Å². The Morgan fingerprint density at radius 2 is 1.82 bits per heavy atom. The van der Waals surface area contributed by atoms with Crippen molar-refractivity contribution >= 4 is 11.6 Å². The van der Waals surface area contributed by atoms with E-state index in [1.54, 1.807) is 0 Å². The molecule has 92 valence electrons. The molecule has 17 heavy (non-hydrogen) atoms. The van der Waals surface area contributed by atoms with Crippen molar-refractivity contribution in [3.63, 3.8) is 0 Å². The smallest absolute Gasteiger partial charge is 0.170 e.